The Morgan fingerprint density at radius 3 is 2.93 bits per heavy atom. The summed E-state index contributed by atoms with van der Waals surface area (Å²) < 4.78 is 10.7. The highest BCUT2D eigenvalue weighted by Crippen LogP contribution is 2.35. The summed E-state index contributed by atoms with van der Waals surface area (Å²) in [4.78, 5) is 18.7. The van der Waals surface area contributed by atoms with Crippen LogP contribution in [-0.2, 0) is 6.54 Å². The highest BCUT2D eigenvalue weighted by atomic mass is 32.1. The van der Waals surface area contributed by atoms with Gasteiger partial charge in [0.05, 0.1) is 11.2 Å². The number of nitrogens with two attached hydrogens (primary N) is 1. The molecule has 3 heterocycles. The Balaban J connectivity index is 1.42. The quantitative estimate of drug-likeness (QED) is 0.551. The monoisotopic (exact) mass is 391 g/mol. The fourth-order valence-electron chi connectivity index (χ4n) is 3.29. The molecule has 140 valence electrons. The van der Waals surface area contributed by atoms with Crippen molar-refractivity contribution in [3.63, 3.8) is 0 Å². The summed E-state index contributed by atoms with van der Waals surface area (Å²) in [5, 5.41) is 4.75. The summed E-state index contributed by atoms with van der Waals surface area (Å²) in [5.74, 6) is 1.20. The van der Waals surface area contributed by atoms with Crippen molar-refractivity contribution in [1.82, 2.24) is 10.3 Å². The number of hydrogen-bond acceptors (Lipinski definition) is 6. The third kappa shape index (κ3) is 2.80. The van der Waals surface area contributed by atoms with Crippen LogP contribution in [0.5, 0.6) is 11.5 Å². The van der Waals surface area contributed by atoms with Crippen LogP contribution in [0.1, 0.15) is 20.8 Å². The maximum absolute atomic E-state index is 12.7. The summed E-state index contributed by atoms with van der Waals surface area (Å²) in [6.45, 7) is 2.63. The molecule has 6 nitrogen and oxygen atoms in total. The lowest BCUT2D eigenvalue weighted by Crippen LogP contribution is -2.22. The van der Waals surface area contributed by atoms with Crippen molar-refractivity contribution in [1.29, 1.82) is 0 Å². The summed E-state index contributed by atoms with van der Waals surface area (Å²) in [6.07, 6.45) is 0. The van der Waals surface area contributed by atoms with E-state index in [9.17, 15) is 4.79 Å². The number of fused-ring (bicyclic) bond motifs is 3. The molecule has 0 atom stereocenters. The van der Waals surface area contributed by atoms with Crippen LogP contribution < -0.4 is 20.5 Å². The van der Waals surface area contributed by atoms with Gasteiger partial charge in [-0.05, 0) is 42.3 Å². The number of pyridine rings is 1. The maximum Gasteiger partial charge on any atom is 0.263 e. The van der Waals surface area contributed by atoms with Gasteiger partial charge in [-0.3, -0.25) is 4.79 Å². The fourth-order valence-corrected chi connectivity index (χ4v) is 4.29. The van der Waals surface area contributed by atoms with Gasteiger partial charge in [0, 0.05) is 17.3 Å². The molecule has 5 rings (SSSR count). The molecule has 3 N–H and O–H groups in total. The number of nitrogens with one attached hydrogen (secondary N) is 1. The largest absolute Gasteiger partial charge is 0.454 e. The molecule has 0 spiro atoms. The Kier molecular flexibility index (Phi) is 3.84. The van der Waals surface area contributed by atoms with E-state index >= 15 is 0 Å². The van der Waals surface area contributed by atoms with Crippen molar-refractivity contribution in [2.45, 2.75) is 13.5 Å². The van der Waals surface area contributed by atoms with E-state index in [1.54, 1.807) is 0 Å². The highest BCUT2D eigenvalue weighted by molar-refractivity contribution is 7.21. The van der Waals surface area contributed by atoms with Gasteiger partial charge < -0.3 is 20.5 Å². The molecule has 0 fully saturated rings. The first kappa shape index (κ1) is 16.8. The molecule has 0 aliphatic carbocycles. The molecular formula is C21H17N3O3S. The van der Waals surface area contributed by atoms with Gasteiger partial charge in [-0.15, -0.1) is 11.3 Å². The summed E-state index contributed by atoms with van der Waals surface area (Å²) in [5.41, 5.74) is 9.72. The standard InChI is InChI=1S/C21H17N3O3S/c1-11-2-4-13-8-14-18(22)19(28-21(14)24-15(13)6-11)20(25)23-9-12-3-5-16-17(7-12)27-10-26-16/h2-8H,9-10,22H2,1H3,(H,23,25). The molecular weight excluding hydrogens is 374 g/mol. The minimum Gasteiger partial charge on any atom is -0.454 e. The zero-order valence-electron chi connectivity index (χ0n) is 15.1. The third-order valence-corrected chi connectivity index (χ3v) is 5.88. The van der Waals surface area contributed by atoms with Crippen LogP contribution >= 0.6 is 11.3 Å². The number of ether oxygens (including phenoxy) is 2. The van der Waals surface area contributed by atoms with Gasteiger partial charge in [0.1, 0.15) is 9.71 Å². The number of amides is 1. The van der Waals surface area contributed by atoms with E-state index in [0.717, 1.165) is 38.0 Å². The van der Waals surface area contributed by atoms with Gasteiger partial charge >= 0.3 is 0 Å². The van der Waals surface area contributed by atoms with Crippen molar-refractivity contribution >= 4 is 44.1 Å². The van der Waals surface area contributed by atoms with Gasteiger partial charge in [-0.1, -0.05) is 18.2 Å². The van der Waals surface area contributed by atoms with Crippen LogP contribution in [0.3, 0.4) is 0 Å². The molecule has 0 saturated carbocycles. The third-order valence-electron chi connectivity index (χ3n) is 4.77. The average molecular weight is 391 g/mol. The van der Waals surface area contributed by atoms with Crippen molar-refractivity contribution in [3.05, 3.63) is 58.5 Å². The van der Waals surface area contributed by atoms with Gasteiger partial charge in [-0.25, -0.2) is 4.98 Å². The summed E-state index contributed by atoms with van der Waals surface area (Å²) >= 11 is 1.32. The summed E-state index contributed by atoms with van der Waals surface area (Å²) in [6, 6.07) is 13.7. The second-order valence-electron chi connectivity index (χ2n) is 6.75. The zero-order chi connectivity index (χ0) is 19.3. The van der Waals surface area contributed by atoms with E-state index in [1.807, 2.05) is 49.4 Å². The van der Waals surface area contributed by atoms with E-state index < -0.39 is 0 Å². The van der Waals surface area contributed by atoms with Crippen LogP contribution in [0.2, 0.25) is 0 Å². The minimum absolute atomic E-state index is 0.210. The molecule has 0 saturated heterocycles. The minimum atomic E-state index is -0.210. The molecule has 1 amide bonds. The van der Waals surface area contributed by atoms with Crippen LogP contribution in [0.25, 0.3) is 21.1 Å². The van der Waals surface area contributed by atoms with Crippen LogP contribution in [0, 0.1) is 6.92 Å². The molecule has 0 bridgehead atoms. The Bertz CT molecular complexity index is 1250. The van der Waals surface area contributed by atoms with Crippen LogP contribution in [0.15, 0.2) is 42.5 Å². The molecule has 0 unspecified atom stereocenters. The molecule has 7 heteroatoms. The van der Waals surface area contributed by atoms with Crippen LogP contribution in [0.4, 0.5) is 5.69 Å². The molecule has 4 aromatic rings. The number of benzene rings is 2. The lowest BCUT2D eigenvalue weighted by atomic mass is 10.1. The number of rotatable bonds is 3. The van der Waals surface area contributed by atoms with Crippen molar-refractivity contribution in [3.8, 4) is 11.5 Å². The van der Waals surface area contributed by atoms with Gasteiger partial charge in [-0.2, -0.15) is 0 Å². The molecule has 1 aliphatic rings. The van der Waals surface area contributed by atoms with E-state index in [-0.39, 0.29) is 12.7 Å². The number of thiophene rings is 1. The van der Waals surface area contributed by atoms with Crippen molar-refractivity contribution in [2.75, 3.05) is 12.5 Å². The van der Waals surface area contributed by atoms with Gasteiger partial charge in [0.25, 0.3) is 5.91 Å². The van der Waals surface area contributed by atoms with Crippen molar-refractivity contribution < 1.29 is 14.3 Å². The number of aromatic nitrogens is 1. The smallest absolute Gasteiger partial charge is 0.263 e. The normalized spacial score (nSPS) is 12.6. The number of aryl methyl sites for hydroxylation is 1. The Morgan fingerprint density at radius 1 is 1.18 bits per heavy atom. The first-order valence-electron chi connectivity index (χ1n) is 8.84. The Hall–Kier alpha value is -3.32. The number of carbonyl (C=O) groups is 1. The van der Waals surface area contributed by atoms with E-state index in [4.69, 9.17) is 15.2 Å². The molecule has 2 aromatic heterocycles. The second kappa shape index (κ2) is 6.38. The SMILES string of the molecule is Cc1ccc2cc3c(N)c(C(=O)NCc4ccc5c(c4)OCO5)sc3nc2c1. The van der Waals surface area contributed by atoms with E-state index in [2.05, 4.69) is 10.3 Å². The maximum atomic E-state index is 12.7. The van der Waals surface area contributed by atoms with E-state index in [0.29, 0.717) is 22.9 Å². The predicted molar refractivity (Wildman–Crippen MR) is 110 cm³/mol. The van der Waals surface area contributed by atoms with Gasteiger partial charge in [0.2, 0.25) is 6.79 Å². The predicted octanol–water partition coefficient (Wildman–Crippen LogP) is 4.00. The number of hydrogen-bond donors (Lipinski definition) is 2. The number of nitrogen functional groups attached to an aromatic ring is 1. The topological polar surface area (TPSA) is 86.5 Å². The van der Waals surface area contributed by atoms with E-state index in [1.165, 1.54) is 11.3 Å². The Labute approximate surface area is 164 Å². The fraction of sp³-hybridized carbons (Fsp3) is 0.143. The molecule has 2 aromatic carbocycles. The first-order chi connectivity index (χ1) is 13.6. The van der Waals surface area contributed by atoms with Gasteiger partial charge in [0.15, 0.2) is 11.5 Å². The van der Waals surface area contributed by atoms with Crippen molar-refractivity contribution in [2.24, 2.45) is 0 Å². The highest BCUT2D eigenvalue weighted by Gasteiger charge is 2.18. The Morgan fingerprint density at radius 2 is 2.04 bits per heavy atom. The number of carbonyl (C=O) groups excluding carboxylic acids is 1. The zero-order valence-corrected chi connectivity index (χ0v) is 15.9. The molecule has 1 aliphatic heterocycles. The molecule has 0 radical (unpaired) electrons. The first-order valence-corrected chi connectivity index (χ1v) is 9.66. The lowest BCUT2D eigenvalue weighted by molar-refractivity contribution is 0.0955. The van der Waals surface area contributed by atoms with Crippen LogP contribution in [-0.4, -0.2) is 17.7 Å². The number of nitrogens with zero attached hydrogens (tertiary/aromatic N) is 1. The number of anilines is 1. The average Bonchev–Trinajstić information content (AvgIpc) is 3.28. The lowest BCUT2D eigenvalue weighted by Gasteiger charge is -2.05. The summed E-state index contributed by atoms with van der Waals surface area (Å²) in [7, 11) is 0. The molecule has 28 heavy (non-hydrogen) atoms. The second-order valence-corrected chi connectivity index (χ2v) is 7.75.